The minimum atomic E-state index is -0.0853. The van der Waals surface area contributed by atoms with Gasteiger partial charge in [0.2, 0.25) is 0 Å². The molecule has 86 valence electrons. The normalized spacial score (nSPS) is 12.9. The van der Waals surface area contributed by atoms with Crippen LogP contribution < -0.4 is 11.3 Å². The fraction of sp³-hybridized carbons (Fsp3) is 0.400. The Labute approximate surface area is 93.4 Å². The molecule has 1 atom stereocenters. The van der Waals surface area contributed by atoms with Crippen LogP contribution in [-0.2, 0) is 13.5 Å². The molecule has 0 fully saturated rings. The van der Waals surface area contributed by atoms with E-state index < -0.39 is 0 Å². The monoisotopic (exact) mass is 221 g/mol. The van der Waals surface area contributed by atoms with E-state index in [9.17, 15) is 0 Å². The number of nitrogens with zero attached hydrogens (tertiary/aromatic N) is 3. The molecule has 0 bridgehead atoms. The summed E-state index contributed by atoms with van der Waals surface area (Å²) in [6, 6.07) is 1.83. The van der Waals surface area contributed by atoms with E-state index in [0.29, 0.717) is 6.42 Å². The zero-order valence-corrected chi connectivity index (χ0v) is 9.34. The highest BCUT2D eigenvalue weighted by atomic mass is 16.3. The lowest BCUT2D eigenvalue weighted by Gasteiger charge is -2.13. The van der Waals surface area contributed by atoms with Gasteiger partial charge in [0.05, 0.1) is 12.3 Å². The average molecular weight is 221 g/mol. The first-order chi connectivity index (χ1) is 7.72. The molecule has 6 nitrogen and oxygen atoms in total. The Morgan fingerprint density at radius 2 is 2.44 bits per heavy atom. The van der Waals surface area contributed by atoms with Crippen LogP contribution in [-0.4, -0.2) is 14.8 Å². The minimum absolute atomic E-state index is 0.0853. The molecule has 16 heavy (non-hydrogen) atoms. The van der Waals surface area contributed by atoms with Crippen molar-refractivity contribution in [1.82, 2.24) is 20.2 Å². The van der Waals surface area contributed by atoms with Gasteiger partial charge in [0.25, 0.3) is 0 Å². The van der Waals surface area contributed by atoms with Crippen molar-refractivity contribution < 1.29 is 4.42 Å². The molecule has 2 rings (SSSR count). The predicted molar refractivity (Wildman–Crippen MR) is 58.2 cm³/mol. The Hall–Kier alpha value is -1.66. The van der Waals surface area contributed by atoms with E-state index in [0.717, 1.165) is 17.1 Å². The molecule has 0 saturated heterocycles. The topological polar surface area (TPSA) is 81.9 Å². The Morgan fingerprint density at radius 3 is 2.94 bits per heavy atom. The van der Waals surface area contributed by atoms with Gasteiger partial charge in [-0.3, -0.25) is 10.5 Å². The van der Waals surface area contributed by atoms with E-state index in [1.54, 1.807) is 10.9 Å². The molecule has 2 aromatic heterocycles. The summed E-state index contributed by atoms with van der Waals surface area (Å²) >= 11 is 0. The van der Waals surface area contributed by atoms with E-state index in [1.807, 2.05) is 20.0 Å². The van der Waals surface area contributed by atoms with Crippen LogP contribution in [0.25, 0.3) is 0 Å². The van der Waals surface area contributed by atoms with Gasteiger partial charge < -0.3 is 4.42 Å². The molecule has 1 unspecified atom stereocenters. The van der Waals surface area contributed by atoms with E-state index in [1.165, 1.54) is 6.33 Å². The molecule has 0 aliphatic carbocycles. The second kappa shape index (κ2) is 4.46. The number of nitrogens with one attached hydrogen (secondary N) is 1. The first-order valence-electron chi connectivity index (χ1n) is 5.05. The number of hydrazine groups is 1. The highest BCUT2D eigenvalue weighted by Crippen LogP contribution is 2.20. The van der Waals surface area contributed by atoms with Crippen LogP contribution in [0.3, 0.4) is 0 Å². The van der Waals surface area contributed by atoms with Gasteiger partial charge in [0.1, 0.15) is 17.9 Å². The van der Waals surface area contributed by atoms with Crippen molar-refractivity contribution in [3.8, 4) is 0 Å². The van der Waals surface area contributed by atoms with Crippen LogP contribution in [0, 0.1) is 6.92 Å². The number of hydrogen-bond donors (Lipinski definition) is 2. The third kappa shape index (κ3) is 1.98. The molecule has 0 amide bonds. The molecule has 0 aromatic carbocycles. The molecule has 6 heteroatoms. The Bertz CT molecular complexity index is 461. The minimum Gasteiger partial charge on any atom is -0.467 e. The SMILES string of the molecule is Cc1ccoc1C(Cc1ncnn1C)NN. The molecule has 0 radical (unpaired) electrons. The molecule has 0 aliphatic heterocycles. The van der Waals surface area contributed by atoms with Gasteiger partial charge in [-0.05, 0) is 18.6 Å². The van der Waals surface area contributed by atoms with Crippen molar-refractivity contribution >= 4 is 0 Å². The molecule has 3 N–H and O–H groups in total. The standard InChI is InChI=1S/C10H15N5O/c1-7-3-4-16-10(7)8(14-11)5-9-12-6-13-15(9)2/h3-4,6,8,14H,5,11H2,1-2H3. The summed E-state index contributed by atoms with van der Waals surface area (Å²) in [7, 11) is 1.85. The third-order valence-electron chi connectivity index (χ3n) is 2.61. The Balaban J connectivity index is 2.19. The van der Waals surface area contributed by atoms with Gasteiger partial charge in [0, 0.05) is 13.5 Å². The zero-order chi connectivity index (χ0) is 11.5. The summed E-state index contributed by atoms with van der Waals surface area (Å²) in [6.07, 6.45) is 3.82. The second-order valence-corrected chi connectivity index (χ2v) is 3.69. The quantitative estimate of drug-likeness (QED) is 0.579. The Morgan fingerprint density at radius 1 is 1.62 bits per heavy atom. The van der Waals surface area contributed by atoms with Crippen molar-refractivity contribution in [3.05, 3.63) is 35.8 Å². The van der Waals surface area contributed by atoms with E-state index in [4.69, 9.17) is 10.3 Å². The number of nitrogens with two attached hydrogens (primary N) is 1. The predicted octanol–water partition coefficient (Wildman–Crippen LogP) is 0.464. The lowest BCUT2D eigenvalue weighted by Crippen LogP contribution is -2.30. The van der Waals surface area contributed by atoms with E-state index >= 15 is 0 Å². The third-order valence-corrected chi connectivity index (χ3v) is 2.61. The van der Waals surface area contributed by atoms with Crippen molar-refractivity contribution in [2.24, 2.45) is 12.9 Å². The van der Waals surface area contributed by atoms with Crippen molar-refractivity contribution in [2.75, 3.05) is 0 Å². The number of aryl methyl sites for hydroxylation is 2. The first kappa shape index (κ1) is 10.8. The summed E-state index contributed by atoms with van der Waals surface area (Å²) < 4.78 is 7.13. The van der Waals surface area contributed by atoms with Crippen LogP contribution in [0.2, 0.25) is 0 Å². The van der Waals surface area contributed by atoms with Gasteiger partial charge in [-0.25, -0.2) is 10.4 Å². The summed E-state index contributed by atoms with van der Waals surface area (Å²) in [4.78, 5) is 4.16. The van der Waals surface area contributed by atoms with Crippen LogP contribution in [0.5, 0.6) is 0 Å². The van der Waals surface area contributed by atoms with Gasteiger partial charge in [-0.15, -0.1) is 0 Å². The van der Waals surface area contributed by atoms with Crippen molar-refractivity contribution in [3.63, 3.8) is 0 Å². The summed E-state index contributed by atoms with van der Waals surface area (Å²) in [5, 5.41) is 4.01. The molecular formula is C10H15N5O. The maximum atomic E-state index is 5.53. The van der Waals surface area contributed by atoms with Crippen LogP contribution in [0.1, 0.15) is 23.2 Å². The second-order valence-electron chi connectivity index (χ2n) is 3.69. The van der Waals surface area contributed by atoms with Crippen molar-refractivity contribution in [1.29, 1.82) is 0 Å². The fourth-order valence-corrected chi connectivity index (χ4v) is 1.66. The maximum Gasteiger partial charge on any atom is 0.138 e. The fourth-order valence-electron chi connectivity index (χ4n) is 1.66. The van der Waals surface area contributed by atoms with Gasteiger partial charge in [-0.2, -0.15) is 5.10 Å². The van der Waals surface area contributed by atoms with Gasteiger partial charge in [-0.1, -0.05) is 0 Å². The van der Waals surface area contributed by atoms with E-state index in [-0.39, 0.29) is 6.04 Å². The van der Waals surface area contributed by atoms with E-state index in [2.05, 4.69) is 15.5 Å². The number of furan rings is 1. The maximum absolute atomic E-state index is 5.53. The lowest BCUT2D eigenvalue weighted by molar-refractivity contribution is 0.405. The van der Waals surface area contributed by atoms with Crippen LogP contribution in [0.4, 0.5) is 0 Å². The van der Waals surface area contributed by atoms with Gasteiger partial charge in [0.15, 0.2) is 0 Å². The molecule has 2 heterocycles. The van der Waals surface area contributed by atoms with Gasteiger partial charge >= 0.3 is 0 Å². The van der Waals surface area contributed by atoms with Crippen LogP contribution in [0.15, 0.2) is 23.1 Å². The molecule has 0 aliphatic rings. The number of rotatable bonds is 4. The number of aromatic nitrogens is 3. The lowest BCUT2D eigenvalue weighted by atomic mass is 10.1. The first-order valence-corrected chi connectivity index (χ1v) is 5.05. The zero-order valence-electron chi connectivity index (χ0n) is 9.34. The average Bonchev–Trinajstić information content (AvgIpc) is 2.85. The molecule has 2 aromatic rings. The summed E-state index contributed by atoms with van der Waals surface area (Å²) in [5.41, 5.74) is 3.81. The highest BCUT2D eigenvalue weighted by molar-refractivity contribution is 5.19. The molecular weight excluding hydrogens is 206 g/mol. The molecule has 0 spiro atoms. The summed E-state index contributed by atoms with van der Waals surface area (Å²) in [6.45, 7) is 1.99. The highest BCUT2D eigenvalue weighted by Gasteiger charge is 2.18. The smallest absolute Gasteiger partial charge is 0.138 e. The molecule has 0 saturated carbocycles. The summed E-state index contributed by atoms with van der Waals surface area (Å²) in [5.74, 6) is 7.23. The number of hydrogen-bond acceptors (Lipinski definition) is 5. The largest absolute Gasteiger partial charge is 0.467 e. The van der Waals surface area contributed by atoms with Crippen molar-refractivity contribution in [2.45, 2.75) is 19.4 Å². The van der Waals surface area contributed by atoms with Crippen LogP contribution >= 0.6 is 0 Å². The Kier molecular flexibility index (Phi) is 3.02.